The molecule has 2 rings (SSSR count). The van der Waals surface area contributed by atoms with Gasteiger partial charge in [0.2, 0.25) is 0 Å². The summed E-state index contributed by atoms with van der Waals surface area (Å²) in [7, 11) is 0. The molecule has 0 radical (unpaired) electrons. The van der Waals surface area contributed by atoms with Crippen molar-refractivity contribution in [1.82, 2.24) is 4.90 Å². The molecular formula is C16H15Cl2NO. The van der Waals surface area contributed by atoms with Crippen LogP contribution in [-0.2, 0) is 6.54 Å². The molecule has 0 fully saturated rings. The van der Waals surface area contributed by atoms with Crippen molar-refractivity contribution >= 4 is 29.1 Å². The minimum absolute atomic E-state index is 0.0971. The van der Waals surface area contributed by atoms with Gasteiger partial charge in [0.05, 0.1) is 10.6 Å². The summed E-state index contributed by atoms with van der Waals surface area (Å²) in [6, 6.07) is 16.9. The molecule has 2 aromatic carbocycles. The molecule has 2 nitrogen and oxygen atoms in total. The molecule has 0 aliphatic heterocycles. The minimum Gasteiger partial charge on any atom is -0.333 e. The molecule has 0 unspecified atom stereocenters. The molecule has 0 atom stereocenters. The highest BCUT2D eigenvalue weighted by Gasteiger charge is 2.17. The number of benzene rings is 2. The zero-order valence-corrected chi connectivity index (χ0v) is 12.4. The molecule has 2 aromatic rings. The van der Waals surface area contributed by atoms with Crippen LogP contribution in [0.2, 0.25) is 5.02 Å². The fourth-order valence-corrected chi connectivity index (χ4v) is 2.38. The van der Waals surface area contributed by atoms with Crippen molar-refractivity contribution < 1.29 is 4.79 Å². The van der Waals surface area contributed by atoms with E-state index in [1.165, 1.54) is 0 Å². The lowest BCUT2D eigenvalue weighted by Gasteiger charge is -2.22. The summed E-state index contributed by atoms with van der Waals surface area (Å²) in [5.74, 6) is 0.295. The van der Waals surface area contributed by atoms with Crippen LogP contribution in [0.5, 0.6) is 0 Å². The van der Waals surface area contributed by atoms with Gasteiger partial charge in [-0.15, -0.1) is 11.6 Å². The number of carbonyl (C=O) groups excluding carboxylic acids is 1. The summed E-state index contributed by atoms with van der Waals surface area (Å²) >= 11 is 11.9. The Balaban J connectivity index is 2.20. The Morgan fingerprint density at radius 1 is 1.00 bits per heavy atom. The van der Waals surface area contributed by atoms with E-state index in [0.717, 1.165) is 5.56 Å². The average molecular weight is 308 g/mol. The molecule has 0 heterocycles. The van der Waals surface area contributed by atoms with Crippen molar-refractivity contribution in [3.8, 4) is 0 Å². The second kappa shape index (κ2) is 7.32. The number of rotatable bonds is 5. The van der Waals surface area contributed by atoms with Crippen LogP contribution in [0.25, 0.3) is 0 Å². The summed E-state index contributed by atoms with van der Waals surface area (Å²) in [5.41, 5.74) is 1.58. The normalized spacial score (nSPS) is 10.3. The number of halogens is 2. The maximum atomic E-state index is 12.5. The van der Waals surface area contributed by atoms with Crippen molar-refractivity contribution in [2.75, 3.05) is 12.4 Å². The lowest BCUT2D eigenvalue weighted by atomic mass is 10.1. The van der Waals surface area contributed by atoms with E-state index in [9.17, 15) is 4.79 Å². The summed E-state index contributed by atoms with van der Waals surface area (Å²) in [6.45, 7) is 1.01. The number of nitrogens with zero attached hydrogens (tertiary/aromatic N) is 1. The van der Waals surface area contributed by atoms with Crippen molar-refractivity contribution in [2.45, 2.75) is 6.54 Å². The lowest BCUT2D eigenvalue weighted by Crippen LogP contribution is -2.32. The molecule has 0 N–H and O–H groups in total. The number of carbonyl (C=O) groups is 1. The fraction of sp³-hybridized carbons (Fsp3) is 0.188. The smallest absolute Gasteiger partial charge is 0.255 e. The molecule has 0 aliphatic carbocycles. The molecule has 104 valence electrons. The van der Waals surface area contributed by atoms with E-state index < -0.39 is 0 Å². The molecule has 4 heteroatoms. The Bertz CT molecular complexity index is 572. The molecule has 0 bridgehead atoms. The first-order valence-corrected chi connectivity index (χ1v) is 7.27. The first kappa shape index (κ1) is 14.9. The largest absolute Gasteiger partial charge is 0.333 e. The third-order valence-corrected chi connectivity index (χ3v) is 3.46. The van der Waals surface area contributed by atoms with Crippen LogP contribution >= 0.6 is 23.2 Å². The van der Waals surface area contributed by atoms with Gasteiger partial charge in [-0.25, -0.2) is 0 Å². The lowest BCUT2D eigenvalue weighted by molar-refractivity contribution is 0.0754. The van der Waals surface area contributed by atoms with E-state index in [4.69, 9.17) is 23.2 Å². The highest BCUT2D eigenvalue weighted by atomic mass is 35.5. The Morgan fingerprint density at radius 2 is 1.65 bits per heavy atom. The van der Waals surface area contributed by atoms with Gasteiger partial charge >= 0.3 is 0 Å². The van der Waals surface area contributed by atoms with Crippen LogP contribution in [0.1, 0.15) is 15.9 Å². The van der Waals surface area contributed by atoms with Gasteiger partial charge in [0.15, 0.2) is 0 Å². The van der Waals surface area contributed by atoms with E-state index >= 15 is 0 Å². The predicted molar refractivity (Wildman–Crippen MR) is 83.4 cm³/mol. The van der Waals surface area contributed by atoms with Gasteiger partial charge in [-0.3, -0.25) is 4.79 Å². The zero-order chi connectivity index (χ0) is 14.4. The van der Waals surface area contributed by atoms with Gasteiger partial charge in [-0.1, -0.05) is 54.1 Å². The summed E-state index contributed by atoms with van der Waals surface area (Å²) in [4.78, 5) is 14.3. The third-order valence-electron chi connectivity index (χ3n) is 2.96. The third kappa shape index (κ3) is 3.75. The van der Waals surface area contributed by atoms with Crippen molar-refractivity contribution in [3.05, 3.63) is 70.7 Å². The fourth-order valence-electron chi connectivity index (χ4n) is 1.96. The standard InChI is InChI=1S/C16H15Cl2NO/c17-10-11-19(12-13-6-2-1-3-7-13)16(20)14-8-4-5-9-15(14)18/h1-9H,10-12H2. The van der Waals surface area contributed by atoms with E-state index in [2.05, 4.69) is 0 Å². The molecule has 1 amide bonds. The summed E-state index contributed by atoms with van der Waals surface area (Å²) < 4.78 is 0. The maximum absolute atomic E-state index is 12.5. The Hall–Kier alpha value is -1.51. The quantitative estimate of drug-likeness (QED) is 0.757. The average Bonchev–Trinajstić information content (AvgIpc) is 2.48. The van der Waals surface area contributed by atoms with Crippen LogP contribution < -0.4 is 0 Å². The number of alkyl halides is 1. The zero-order valence-electron chi connectivity index (χ0n) is 10.9. The number of amides is 1. The highest BCUT2D eigenvalue weighted by Crippen LogP contribution is 2.18. The van der Waals surface area contributed by atoms with Gasteiger partial charge in [0.1, 0.15) is 0 Å². The Labute approximate surface area is 128 Å². The van der Waals surface area contributed by atoms with Crippen molar-refractivity contribution in [3.63, 3.8) is 0 Å². The van der Waals surface area contributed by atoms with Crippen LogP contribution in [0.3, 0.4) is 0 Å². The van der Waals surface area contributed by atoms with Crippen LogP contribution in [-0.4, -0.2) is 23.2 Å². The molecule has 0 saturated heterocycles. The Morgan fingerprint density at radius 3 is 2.30 bits per heavy atom. The monoisotopic (exact) mass is 307 g/mol. The maximum Gasteiger partial charge on any atom is 0.255 e. The van der Waals surface area contributed by atoms with Crippen molar-refractivity contribution in [2.24, 2.45) is 0 Å². The van der Waals surface area contributed by atoms with Gasteiger partial charge < -0.3 is 4.90 Å². The van der Waals surface area contributed by atoms with Gasteiger partial charge in [-0.05, 0) is 17.7 Å². The number of hydrogen-bond donors (Lipinski definition) is 0. The Kier molecular flexibility index (Phi) is 5.45. The van der Waals surface area contributed by atoms with Gasteiger partial charge in [0, 0.05) is 19.0 Å². The second-order valence-corrected chi connectivity index (χ2v) is 5.17. The van der Waals surface area contributed by atoms with E-state index in [0.29, 0.717) is 29.6 Å². The molecular weight excluding hydrogens is 293 g/mol. The first-order chi connectivity index (χ1) is 9.72. The van der Waals surface area contributed by atoms with E-state index in [1.54, 1.807) is 23.1 Å². The second-order valence-electron chi connectivity index (χ2n) is 4.38. The van der Waals surface area contributed by atoms with Crippen LogP contribution in [0, 0.1) is 0 Å². The van der Waals surface area contributed by atoms with Crippen LogP contribution in [0.15, 0.2) is 54.6 Å². The molecule has 0 spiro atoms. The molecule has 20 heavy (non-hydrogen) atoms. The van der Waals surface area contributed by atoms with Crippen LogP contribution in [0.4, 0.5) is 0 Å². The van der Waals surface area contributed by atoms with Crippen molar-refractivity contribution in [1.29, 1.82) is 0 Å². The van der Waals surface area contributed by atoms with E-state index in [-0.39, 0.29) is 5.91 Å². The minimum atomic E-state index is -0.0971. The van der Waals surface area contributed by atoms with Gasteiger partial charge in [-0.2, -0.15) is 0 Å². The first-order valence-electron chi connectivity index (χ1n) is 6.36. The molecule has 0 aromatic heterocycles. The summed E-state index contributed by atoms with van der Waals surface area (Å²) in [5, 5.41) is 0.463. The number of hydrogen-bond acceptors (Lipinski definition) is 1. The topological polar surface area (TPSA) is 20.3 Å². The molecule has 0 saturated carbocycles. The highest BCUT2D eigenvalue weighted by molar-refractivity contribution is 6.33. The predicted octanol–water partition coefficient (Wildman–Crippen LogP) is 4.22. The SMILES string of the molecule is O=C(c1ccccc1Cl)N(CCCl)Cc1ccccc1. The summed E-state index contributed by atoms with van der Waals surface area (Å²) in [6.07, 6.45) is 0. The van der Waals surface area contributed by atoms with E-state index in [1.807, 2.05) is 36.4 Å². The van der Waals surface area contributed by atoms with Gasteiger partial charge in [0.25, 0.3) is 5.91 Å². The molecule has 0 aliphatic rings.